The first kappa shape index (κ1) is 16.8. The number of hydrogen-bond donors (Lipinski definition) is 1. The average molecular weight is 251 g/mol. The van der Waals surface area contributed by atoms with Crippen molar-refractivity contribution in [1.82, 2.24) is 4.98 Å². The first-order chi connectivity index (χ1) is 6.56. The Morgan fingerprint density at radius 1 is 1.20 bits per heavy atom. The van der Waals surface area contributed by atoms with Crippen LogP contribution in [0.4, 0.5) is 0 Å². The molecule has 0 unspecified atom stereocenters. The van der Waals surface area contributed by atoms with E-state index in [1.165, 1.54) is 0 Å². The third kappa shape index (κ3) is 16.1. The second-order valence-electron chi connectivity index (χ2n) is 2.66. The van der Waals surface area contributed by atoms with Crippen molar-refractivity contribution < 1.29 is 13.0 Å². The van der Waals surface area contributed by atoms with Crippen molar-refractivity contribution in [3.63, 3.8) is 0 Å². The van der Waals surface area contributed by atoms with Crippen molar-refractivity contribution >= 4 is 23.6 Å². The molecule has 0 aliphatic heterocycles. The highest BCUT2D eigenvalue weighted by atomic mass is 32.2. The molecule has 0 saturated heterocycles. The Labute approximate surface area is 97.9 Å². The van der Waals surface area contributed by atoms with Gasteiger partial charge in [0.1, 0.15) is 0 Å². The van der Waals surface area contributed by atoms with Gasteiger partial charge in [-0.3, -0.25) is 9.54 Å². The molecule has 0 fully saturated rings. The molecule has 0 aliphatic carbocycles. The third-order valence-corrected chi connectivity index (χ3v) is 2.13. The summed E-state index contributed by atoms with van der Waals surface area (Å²) in [7, 11) is -3.69. The number of hydrogen-bond acceptors (Lipinski definition) is 3. The van der Waals surface area contributed by atoms with E-state index >= 15 is 0 Å². The van der Waals surface area contributed by atoms with Crippen LogP contribution in [0.2, 0.25) is 0 Å². The summed E-state index contributed by atoms with van der Waals surface area (Å²) in [5, 5.41) is 0. The SMILES string of the molecule is CCCCS(=O)(=O)O.S.c1ccncc1. The number of rotatable bonds is 3. The highest BCUT2D eigenvalue weighted by Gasteiger charge is 2.00. The average Bonchev–Trinajstić information content (AvgIpc) is 2.17. The Morgan fingerprint density at radius 3 is 1.87 bits per heavy atom. The Hall–Kier alpha value is -0.590. The second-order valence-corrected chi connectivity index (χ2v) is 4.24. The molecule has 0 aromatic carbocycles. The molecule has 15 heavy (non-hydrogen) atoms. The van der Waals surface area contributed by atoms with Crippen LogP contribution in [-0.2, 0) is 10.1 Å². The maximum absolute atomic E-state index is 9.95. The summed E-state index contributed by atoms with van der Waals surface area (Å²) >= 11 is 0. The van der Waals surface area contributed by atoms with Crippen molar-refractivity contribution in [1.29, 1.82) is 0 Å². The molecule has 0 amide bonds. The first-order valence-corrected chi connectivity index (χ1v) is 5.97. The van der Waals surface area contributed by atoms with Crippen LogP contribution in [0.15, 0.2) is 30.6 Å². The van der Waals surface area contributed by atoms with Crippen LogP contribution in [0.5, 0.6) is 0 Å². The van der Waals surface area contributed by atoms with Crippen LogP contribution in [0.25, 0.3) is 0 Å². The maximum atomic E-state index is 9.95. The lowest BCUT2D eigenvalue weighted by atomic mass is 10.4. The zero-order chi connectivity index (χ0) is 10.9. The molecular formula is C9H17NO3S2. The first-order valence-electron chi connectivity index (χ1n) is 4.36. The molecule has 0 saturated carbocycles. The van der Waals surface area contributed by atoms with Gasteiger partial charge in [0.25, 0.3) is 10.1 Å². The largest absolute Gasteiger partial charge is 0.286 e. The molecule has 1 rings (SSSR count). The topological polar surface area (TPSA) is 67.3 Å². The van der Waals surface area contributed by atoms with Gasteiger partial charge in [-0.1, -0.05) is 19.4 Å². The molecule has 0 spiro atoms. The molecule has 0 atom stereocenters. The fraction of sp³-hybridized carbons (Fsp3) is 0.444. The fourth-order valence-corrected chi connectivity index (χ4v) is 1.29. The van der Waals surface area contributed by atoms with Gasteiger partial charge in [-0.05, 0) is 18.6 Å². The summed E-state index contributed by atoms with van der Waals surface area (Å²) in [5.41, 5.74) is 0. The molecule has 88 valence electrons. The Morgan fingerprint density at radius 2 is 1.73 bits per heavy atom. The molecule has 1 aromatic rings. The van der Waals surface area contributed by atoms with E-state index in [1.807, 2.05) is 25.1 Å². The van der Waals surface area contributed by atoms with Crippen molar-refractivity contribution in [3.8, 4) is 0 Å². The monoisotopic (exact) mass is 251 g/mol. The van der Waals surface area contributed by atoms with Gasteiger partial charge in [0.05, 0.1) is 5.75 Å². The maximum Gasteiger partial charge on any atom is 0.264 e. The van der Waals surface area contributed by atoms with E-state index < -0.39 is 10.1 Å². The molecule has 0 aliphatic rings. The van der Waals surface area contributed by atoms with Crippen LogP contribution in [0.1, 0.15) is 19.8 Å². The van der Waals surface area contributed by atoms with Crippen LogP contribution in [0.3, 0.4) is 0 Å². The van der Waals surface area contributed by atoms with E-state index in [-0.39, 0.29) is 19.2 Å². The fourth-order valence-electron chi connectivity index (χ4n) is 0.639. The zero-order valence-electron chi connectivity index (χ0n) is 8.63. The highest BCUT2D eigenvalue weighted by molar-refractivity contribution is 7.85. The third-order valence-electron chi connectivity index (χ3n) is 1.32. The quantitative estimate of drug-likeness (QED) is 0.833. The summed E-state index contributed by atoms with van der Waals surface area (Å²) < 4.78 is 28.0. The van der Waals surface area contributed by atoms with Gasteiger partial charge in [0.15, 0.2) is 0 Å². The minimum atomic E-state index is -3.69. The standard InChI is InChI=1S/C5H5N.C4H10O3S.H2S/c1-2-4-6-5-3-1;1-2-3-4-8(5,6)7;/h1-5H;2-4H2,1H3,(H,5,6,7);1H2. The molecule has 0 radical (unpaired) electrons. The molecule has 1 heterocycles. The van der Waals surface area contributed by atoms with Crippen LogP contribution < -0.4 is 0 Å². The number of pyridine rings is 1. The molecule has 1 aromatic heterocycles. The van der Waals surface area contributed by atoms with Crippen molar-refractivity contribution in [3.05, 3.63) is 30.6 Å². The minimum Gasteiger partial charge on any atom is -0.286 e. The van der Waals surface area contributed by atoms with Gasteiger partial charge in [0.2, 0.25) is 0 Å². The van der Waals surface area contributed by atoms with E-state index in [9.17, 15) is 8.42 Å². The van der Waals surface area contributed by atoms with Gasteiger partial charge in [-0.2, -0.15) is 21.9 Å². The van der Waals surface area contributed by atoms with Gasteiger partial charge in [-0.15, -0.1) is 0 Å². The van der Waals surface area contributed by atoms with Crippen molar-refractivity contribution in [2.24, 2.45) is 0 Å². The van der Waals surface area contributed by atoms with E-state index in [0.717, 1.165) is 6.42 Å². The summed E-state index contributed by atoms with van der Waals surface area (Å²) in [6, 6.07) is 5.72. The molecule has 0 bridgehead atoms. The lowest BCUT2D eigenvalue weighted by molar-refractivity contribution is 0.480. The highest BCUT2D eigenvalue weighted by Crippen LogP contribution is 1.90. The van der Waals surface area contributed by atoms with E-state index in [0.29, 0.717) is 6.42 Å². The smallest absolute Gasteiger partial charge is 0.264 e. The van der Waals surface area contributed by atoms with E-state index in [2.05, 4.69) is 4.98 Å². The van der Waals surface area contributed by atoms with Gasteiger partial charge >= 0.3 is 0 Å². The predicted molar refractivity (Wildman–Crippen MR) is 65.9 cm³/mol. The van der Waals surface area contributed by atoms with Crippen molar-refractivity contribution in [2.75, 3.05) is 5.75 Å². The second kappa shape index (κ2) is 9.95. The van der Waals surface area contributed by atoms with E-state index in [1.54, 1.807) is 12.4 Å². The van der Waals surface area contributed by atoms with Crippen LogP contribution in [0, 0.1) is 0 Å². The Bertz CT molecular complexity index is 287. The van der Waals surface area contributed by atoms with Gasteiger partial charge in [0, 0.05) is 12.4 Å². The molecule has 1 N–H and O–H groups in total. The number of nitrogens with zero attached hydrogens (tertiary/aromatic N) is 1. The van der Waals surface area contributed by atoms with Crippen LogP contribution in [-0.4, -0.2) is 23.7 Å². The summed E-state index contributed by atoms with van der Waals surface area (Å²) in [6.45, 7) is 1.87. The summed E-state index contributed by atoms with van der Waals surface area (Å²) in [6.07, 6.45) is 4.83. The predicted octanol–water partition coefficient (Wildman–Crippen LogP) is 1.87. The summed E-state index contributed by atoms with van der Waals surface area (Å²) in [5.74, 6) is -0.108. The normalized spacial score (nSPS) is 9.47. The zero-order valence-corrected chi connectivity index (χ0v) is 10.4. The Balaban J connectivity index is 0. The molecule has 4 nitrogen and oxygen atoms in total. The molecular weight excluding hydrogens is 234 g/mol. The molecule has 6 heteroatoms. The van der Waals surface area contributed by atoms with Gasteiger partial charge < -0.3 is 0 Å². The minimum absolute atomic E-state index is 0. The number of unbranched alkanes of at least 4 members (excludes halogenated alkanes) is 1. The van der Waals surface area contributed by atoms with Crippen molar-refractivity contribution in [2.45, 2.75) is 19.8 Å². The lowest BCUT2D eigenvalue weighted by Gasteiger charge is -1.90. The summed E-state index contributed by atoms with van der Waals surface area (Å²) in [4.78, 5) is 3.78. The van der Waals surface area contributed by atoms with Gasteiger partial charge in [-0.25, -0.2) is 0 Å². The lowest BCUT2D eigenvalue weighted by Crippen LogP contribution is -2.02. The van der Waals surface area contributed by atoms with Crippen LogP contribution >= 0.6 is 13.5 Å². The number of aromatic nitrogens is 1. The Kier molecular flexibility index (Phi) is 11.2. The van der Waals surface area contributed by atoms with E-state index in [4.69, 9.17) is 4.55 Å².